The summed E-state index contributed by atoms with van der Waals surface area (Å²) in [5, 5.41) is 11.7. The SMILES string of the molecule is NC1(O)N=C2C(=NC=CN2C2CCC(F)(F)C2)C(=O)N1. The van der Waals surface area contributed by atoms with Crippen LogP contribution in [0.25, 0.3) is 0 Å². The third-order valence-electron chi connectivity index (χ3n) is 3.45. The zero-order chi connectivity index (χ0) is 14.5. The molecule has 0 spiro atoms. The molecule has 0 radical (unpaired) electrons. The van der Waals surface area contributed by atoms with Crippen molar-refractivity contribution < 1.29 is 18.7 Å². The summed E-state index contributed by atoms with van der Waals surface area (Å²) in [7, 11) is 0. The molecule has 1 amide bonds. The maximum Gasteiger partial charge on any atom is 0.299 e. The molecule has 108 valence electrons. The predicted molar refractivity (Wildman–Crippen MR) is 65.7 cm³/mol. The highest BCUT2D eigenvalue weighted by atomic mass is 19.3. The second-order valence-corrected chi connectivity index (χ2v) is 5.05. The number of nitrogens with two attached hydrogens (primary N) is 1. The number of aliphatic imine (C=N–C) groups is 2. The molecule has 9 heteroatoms. The van der Waals surface area contributed by atoms with Gasteiger partial charge in [-0.2, -0.15) is 4.99 Å². The first kappa shape index (κ1) is 13.1. The van der Waals surface area contributed by atoms with E-state index in [0.717, 1.165) is 0 Å². The lowest BCUT2D eigenvalue weighted by molar-refractivity contribution is -0.121. The number of hydrogen-bond donors (Lipinski definition) is 3. The van der Waals surface area contributed by atoms with Crippen LogP contribution >= 0.6 is 0 Å². The van der Waals surface area contributed by atoms with E-state index in [2.05, 4.69) is 9.98 Å². The number of nitrogens with one attached hydrogen (secondary N) is 1. The molecular weight excluding hydrogens is 272 g/mol. The minimum atomic E-state index is -2.73. The standard InChI is InChI=1S/C11H13F2N5O2/c12-10(13)2-1-6(5-10)18-4-3-15-7-8(18)16-11(14,20)17-9(7)19/h3-4,6,20H,1-2,5,14H2,(H,17,19). The van der Waals surface area contributed by atoms with Gasteiger partial charge in [0, 0.05) is 31.3 Å². The van der Waals surface area contributed by atoms with Crippen LogP contribution in [0.15, 0.2) is 22.4 Å². The van der Waals surface area contributed by atoms with Crippen LogP contribution in [0.2, 0.25) is 0 Å². The van der Waals surface area contributed by atoms with Crippen molar-refractivity contribution in [3.05, 3.63) is 12.4 Å². The third kappa shape index (κ3) is 2.18. The molecule has 2 heterocycles. The molecule has 0 aromatic rings. The fraction of sp³-hybridized carbons (Fsp3) is 0.545. The molecule has 1 saturated carbocycles. The van der Waals surface area contributed by atoms with E-state index in [-0.39, 0.29) is 30.8 Å². The number of amidine groups is 1. The highest BCUT2D eigenvalue weighted by Crippen LogP contribution is 2.38. The lowest BCUT2D eigenvalue weighted by Gasteiger charge is -2.35. The molecule has 2 atom stereocenters. The molecule has 3 rings (SSSR count). The molecule has 1 fully saturated rings. The van der Waals surface area contributed by atoms with E-state index in [1.54, 1.807) is 0 Å². The van der Waals surface area contributed by atoms with Crippen LogP contribution in [0.1, 0.15) is 19.3 Å². The summed E-state index contributed by atoms with van der Waals surface area (Å²) >= 11 is 0. The Hall–Kier alpha value is -1.87. The van der Waals surface area contributed by atoms with Crippen molar-refractivity contribution in [1.82, 2.24) is 10.2 Å². The topological polar surface area (TPSA) is 103 Å². The van der Waals surface area contributed by atoms with Crippen LogP contribution in [0.4, 0.5) is 8.78 Å². The second kappa shape index (κ2) is 4.06. The van der Waals surface area contributed by atoms with E-state index in [1.807, 2.05) is 5.32 Å². The van der Waals surface area contributed by atoms with Gasteiger partial charge in [0.05, 0.1) is 0 Å². The Morgan fingerprint density at radius 3 is 2.95 bits per heavy atom. The maximum absolute atomic E-state index is 13.3. The van der Waals surface area contributed by atoms with Crippen LogP contribution in [0.5, 0.6) is 0 Å². The maximum atomic E-state index is 13.3. The Labute approximate surface area is 112 Å². The number of rotatable bonds is 1. The average Bonchev–Trinajstić information content (AvgIpc) is 2.67. The average molecular weight is 285 g/mol. The Morgan fingerprint density at radius 2 is 2.30 bits per heavy atom. The van der Waals surface area contributed by atoms with E-state index < -0.39 is 23.8 Å². The lowest BCUT2D eigenvalue weighted by atomic mass is 10.1. The molecule has 1 aliphatic carbocycles. The van der Waals surface area contributed by atoms with Crippen molar-refractivity contribution in [2.75, 3.05) is 0 Å². The first-order valence-corrected chi connectivity index (χ1v) is 6.12. The minimum absolute atomic E-state index is 0.0175. The number of hydrogen-bond acceptors (Lipinski definition) is 6. The smallest absolute Gasteiger partial charge is 0.299 e. The quantitative estimate of drug-likeness (QED) is 0.565. The van der Waals surface area contributed by atoms with Crippen molar-refractivity contribution in [3.8, 4) is 0 Å². The zero-order valence-corrected chi connectivity index (χ0v) is 10.4. The Bertz CT molecular complexity index is 555. The fourth-order valence-corrected chi connectivity index (χ4v) is 2.58. The molecule has 4 N–H and O–H groups in total. The van der Waals surface area contributed by atoms with Gasteiger partial charge in [-0.25, -0.2) is 13.8 Å². The first-order valence-electron chi connectivity index (χ1n) is 6.12. The van der Waals surface area contributed by atoms with Gasteiger partial charge in [0.1, 0.15) is 0 Å². The molecule has 0 aromatic carbocycles. The Balaban J connectivity index is 1.94. The highest BCUT2D eigenvalue weighted by Gasteiger charge is 2.45. The van der Waals surface area contributed by atoms with Crippen LogP contribution in [-0.2, 0) is 4.79 Å². The van der Waals surface area contributed by atoms with Crippen molar-refractivity contribution in [2.45, 2.75) is 37.2 Å². The van der Waals surface area contributed by atoms with Gasteiger partial charge < -0.3 is 10.0 Å². The molecule has 3 aliphatic rings. The van der Waals surface area contributed by atoms with Crippen molar-refractivity contribution in [1.29, 1.82) is 0 Å². The van der Waals surface area contributed by atoms with Crippen molar-refractivity contribution >= 4 is 17.5 Å². The van der Waals surface area contributed by atoms with Gasteiger partial charge in [-0.05, 0) is 6.42 Å². The van der Waals surface area contributed by atoms with Gasteiger partial charge in [0.25, 0.3) is 11.9 Å². The third-order valence-corrected chi connectivity index (χ3v) is 3.45. The zero-order valence-electron chi connectivity index (χ0n) is 10.4. The molecule has 2 unspecified atom stereocenters. The number of aliphatic hydroxyl groups is 1. The highest BCUT2D eigenvalue weighted by molar-refractivity contribution is 6.67. The normalized spacial score (nSPS) is 35.3. The van der Waals surface area contributed by atoms with E-state index in [4.69, 9.17) is 5.73 Å². The number of carbonyl (C=O) groups excluding carboxylic acids is 1. The Kier molecular flexibility index (Phi) is 2.67. The van der Waals surface area contributed by atoms with Crippen LogP contribution < -0.4 is 11.1 Å². The van der Waals surface area contributed by atoms with Crippen molar-refractivity contribution in [2.24, 2.45) is 15.7 Å². The number of amides is 1. The van der Waals surface area contributed by atoms with E-state index >= 15 is 0 Å². The van der Waals surface area contributed by atoms with Gasteiger partial charge in [-0.15, -0.1) is 0 Å². The molecule has 2 aliphatic heterocycles. The van der Waals surface area contributed by atoms with E-state index in [1.165, 1.54) is 17.3 Å². The number of halogens is 2. The summed E-state index contributed by atoms with van der Waals surface area (Å²) in [6.07, 6.45) is 2.50. The summed E-state index contributed by atoms with van der Waals surface area (Å²) in [6, 6.07) is -0.507. The number of nitrogens with zero attached hydrogens (tertiary/aromatic N) is 3. The fourth-order valence-electron chi connectivity index (χ4n) is 2.58. The predicted octanol–water partition coefficient (Wildman–Crippen LogP) is -0.507. The summed E-state index contributed by atoms with van der Waals surface area (Å²) in [4.78, 5) is 20.8. The molecule has 7 nitrogen and oxygen atoms in total. The van der Waals surface area contributed by atoms with Gasteiger partial charge in [-0.1, -0.05) is 0 Å². The first-order chi connectivity index (χ1) is 9.27. The number of alkyl halides is 2. The summed E-state index contributed by atoms with van der Waals surface area (Å²) < 4.78 is 26.7. The van der Waals surface area contributed by atoms with Gasteiger partial charge in [0.2, 0.25) is 5.92 Å². The van der Waals surface area contributed by atoms with E-state index in [9.17, 15) is 18.7 Å². The molecule has 20 heavy (non-hydrogen) atoms. The second-order valence-electron chi connectivity index (χ2n) is 5.05. The van der Waals surface area contributed by atoms with Crippen LogP contribution in [0, 0.1) is 0 Å². The lowest BCUT2D eigenvalue weighted by Crippen LogP contribution is -2.64. The van der Waals surface area contributed by atoms with E-state index in [0.29, 0.717) is 0 Å². The largest absolute Gasteiger partial charge is 0.340 e. The number of carbonyl (C=O) groups is 1. The van der Waals surface area contributed by atoms with Crippen molar-refractivity contribution in [3.63, 3.8) is 0 Å². The molecule has 0 aromatic heterocycles. The van der Waals surface area contributed by atoms with Gasteiger partial charge in [0.15, 0.2) is 11.5 Å². The Morgan fingerprint density at radius 1 is 1.55 bits per heavy atom. The summed E-state index contributed by atoms with van der Waals surface area (Å²) in [6.45, 7) is 0. The summed E-state index contributed by atoms with van der Waals surface area (Å²) in [5.41, 5.74) is 5.33. The molecule has 0 saturated heterocycles. The number of fused-ring (bicyclic) bond motifs is 1. The molecular formula is C11H13F2N5O2. The monoisotopic (exact) mass is 285 g/mol. The van der Waals surface area contributed by atoms with Gasteiger partial charge >= 0.3 is 0 Å². The van der Waals surface area contributed by atoms with Crippen LogP contribution in [-0.4, -0.2) is 45.4 Å². The van der Waals surface area contributed by atoms with Gasteiger partial charge in [-0.3, -0.25) is 15.8 Å². The molecule has 0 bridgehead atoms. The summed E-state index contributed by atoms with van der Waals surface area (Å²) in [5.74, 6) is -5.66. The minimum Gasteiger partial charge on any atom is -0.340 e. The van der Waals surface area contributed by atoms with Crippen LogP contribution in [0.3, 0.4) is 0 Å².